The quantitative estimate of drug-likeness (QED) is 0.628. The van der Waals surface area contributed by atoms with Crippen LogP contribution in [-0.2, 0) is 16.4 Å². The number of nitrogens with one attached hydrogen (secondary N) is 1. The Kier molecular flexibility index (Phi) is 5.72. The third-order valence-corrected chi connectivity index (χ3v) is 6.53. The zero-order chi connectivity index (χ0) is 22.2. The predicted molar refractivity (Wildman–Crippen MR) is 116 cm³/mol. The van der Waals surface area contributed by atoms with E-state index in [1.807, 2.05) is 0 Å². The summed E-state index contributed by atoms with van der Waals surface area (Å²) in [6.07, 6.45) is 3.39. The second kappa shape index (κ2) is 8.32. The monoisotopic (exact) mass is 446 g/mol. The number of carbonyl (C=O) groups is 1. The van der Waals surface area contributed by atoms with E-state index in [1.165, 1.54) is 34.8 Å². The summed E-state index contributed by atoms with van der Waals surface area (Å²) in [5, 5.41) is 12.3. The van der Waals surface area contributed by atoms with E-state index in [0.717, 1.165) is 18.4 Å². The summed E-state index contributed by atoms with van der Waals surface area (Å²) in [5.74, 6) is -0.584. The molecule has 1 aliphatic rings. The zero-order valence-electron chi connectivity index (χ0n) is 17.0. The summed E-state index contributed by atoms with van der Waals surface area (Å²) >= 11 is 0. The van der Waals surface area contributed by atoms with E-state index in [-0.39, 0.29) is 24.5 Å². The first kappa shape index (κ1) is 21.3. The standard InChI is InChI=1S/C22H23FN2O5S/c1-31(28,29)25-10-3-2-4-15-12-17-19(13-18(15)25)30-21(14-5-7-16(23)8-6-14)20(17)22(27)24-9-11-26/h5-8,12-13,26H,2-4,9-11H2,1H3,(H,24,27). The van der Waals surface area contributed by atoms with Gasteiger partial charge in [-0.05, 0) is 55.2 Å². The first-order valence-electron chi connectivity index (χ1n) is 10.0. The molecule has 0 fully saturated rings. The van der Waals surface area contributed by atoms with E-state index in [4.69, 9.17) is 9.52 Å². The fraction of sp³-hybridized carbons (Fsp3) is 0.318. The molecule has 164 valence electrons. The molecule has 1 amide bonds. The Morgan fingerprint density at radius 3 is 2.65 bits per heavy atom. The minimum absolute atomic E-state index is 0.0706. The average Bonchev–Trinajstić information content (AvgIpc) is 2.95. The number of sulfonamides is 1. The molecule has 0 radical (unpaired) electrons. The number of benzene rings is 2. The number of halogens is 1. The number of furan rings is 1. The lowest BCUT2D eigenvalue weighted by molar-refractivity contribution is 0.0946. The molecule has 4 rings (SSSR count). The maximum absolute atomic E-state index is 13.4. The van der Waals surface area contributed by atoms with Crippen LogP contribution in [0.5, 0.6) is 0 Å². The van der Waals surface area contributed by atoms with Crippen molar-refractivity contribution < 1.29 is 27.1 Å². The molecule has 0 saturated carbocycles. The van der Waals surface area contributed by atoms with Gasteiger partial charge in [0.25, 0.3) is 5.91 Å². The first-order chi connectivity index (χ1) is 14.8. The van der Waals surface area contributed by atoms with Crippen molar-refractivity contribution >= 4 is 32.6 Å². The van der Waals surface area contributed by atoms with E-state index >= 15 is 0 Å². The van der Waals surface area contributed by atoms with E-state index in [1.54, 1.807) is 12.1 Å². The summed E-state index contributed by atoms with van der Waals surface area (Å²) in [6, 6.07) is 9.05. The molecular weight excluding hydrogens is 423 g/mol. The van der Waals surface area contributed by atoms with E-state index in [2.05, 4.69) is 5.32 Å². The Balaban J connectivity index is 1.95. The molecule has 0 saturated heterocycles. The Morgan fingerprint density at radius 2 is 1.97 bits per heavy atom. The van der Waals surface area contributed by atoms with Gasteiger partial charge in [0, 0.05) is 30.1 Å². The van der Waals surface area contributed by atoms with Gasteiger partial charge in [0.15, 0.2) is 0 Å². The summed E-state index contributed by atoms with van der Waals surface area (Å²) in [5.41, 5.74) is 2.52. The Bertz CT molecular complexity index is 1240. The number of anilines is 1. The lowest BCUT2D eigenvalue weighted by Crippen LogP contribution is -2.30. The Labute approximate surface area is 179 Å². The molecular formula is C22H23FN2O5S. The van der Waals surface area contributed by atoms with Crippen molar-refractivity contribution in [1.29, 1.82) is 0 Å². The molecule has 0 unspecified atom stereocenters. The number of rotatable bonds is 5. The van der Waals surface area contributed by atoms with Crippen LogP contribution in [0.15, 0.2) is 40.8 Å². The van der Waals surface area contributed by atoms with E-state index < -0.39 is 21.7 Å². The van der Waals surface area contributed by atoms with Crippen molar-refractivity contribution in [2.75, 3.05) is 30.3 Å². The van der Waals surface area contributed by atoms with Gasteiger partial charge in [-0.15, -0.1) is 0 Å². The van der Waals surface area contributed by atoms with Gasteiger partial charge in [0.1, 0.15) is 17.2 Å². The third kappa shape index (κ3) is 4.15. The first-order valence-corrected chi connectivity index (χ1v) is 11.9. The van der Waals surface area contributed by atoms with Gasteiger partial charge >= 0.3 is 0 Å². The number of aliphatic hydroxyl groups excluding tert-OH is 1. The summed E-state index contributed by atoms with van der Waals surface area (Å²) in [6.45, 7) is 0.236. The van der Waals surface area contributed by atoms with Crippen LogP contribution in [0.4, 0.5) is 10.1 Å². The van der Waals surface area contributed by atoms with Crippen molar-refractivity contribution in [1.82, 2.24) is 5.32 Å². The van der Waals surface area contributed by atoms with Gasteiger partial charge in [0.2, 0.25) is 10.0 Å². The molecule has 7 nitrogen and oxygen atoms in total. The molecule has 2 heterocycles. The van der Waals surface area contributed by atoms with Crippen LogP contribution in [-0.4, -0.2) is 45.4 Å². The van der Waals surface area contributed by atoms with Crippen LogP contribution in [0.1, 0.15) is 28.8 Å². The summed E-state index contributed by atoms with van der Waals surface area (Å²) in [4.78, 5) is 12.9. The van der Waals surface area contributed by atoms with Crippen LogP contribution in [0.2, 0.25) is 0 Å². The molecule has 9 heteroatoms. The second-order valence-corrected chi connectivity index (χ2v) is 9.47. The highest BCUT2D eigenvalue weighted by molar-refractivity contribution is 7.92. The van der Waals surface area contributed by atoms with Gasteiger partial charge < -0.3 is 14.8 Å². The van der Waals surface area contributed by atoms with Crippen LogP contribution in [0.3, 0.4) is 0 Å². The molecule has 2 aromatic carbocycles. The topological polar surface area (TPSA) is 99.9 Å². The van der Waals surface area contributed by atoms with Crippen molar-refractivity contribution in [2.24, 2.45) is 0 Å². The molecule has 2 N–H and O–H groups in total. The average molecular weight is 447 g/mol. The minimum atomic E-state index is -3.48. The smallest absolute Gasteiger partial charge is 0.255 e. The largest absolute Gasteiger partial charge is 0.455 e. The summed E-state index contributed by atoms with van der Waals surface area (Å²) < 4.78 is 45.6. The van der Waals surface area contributed by atoms with Gasteiger partial charge in [-0.25, -0.2) is 12.8 Å². The molecule has 0 atom stereocenters. The lowest BCUT2D eigenvalue weighted by atomic mass is 10.0. The van der Waals surface area contributed by atoms with E-state index in [9.17, 15) is 17.6 Å². The van der Waals surface area contributed by atoms with Crippen molar-refractivity contribution in [2.45, 2.75) is 19.3 Å². The number of amides is 1. The van der Waals surface area contributed by atoms with Gasteiger partial charge in [-0.2, -0.15) is 0 Å². The lowest BCUT2D eigenvalue weighted by Gasteiger charge is -2.22. The number of hydrogen-bond acceptors (Lipinski definition) is 5. The van der Waals surface area contributed by atoms with Crippen molar-refractivity contribution in [3.63, 3.8) is 0 Å². The Hall–Kier alpha value is -2.91. The highest BCUT2D eigenvalue weighted by atomic mass is 32.2. The normalized spacial score (nSPS) is 14.4. The fourth-order valence-corrected chi connectivity index (χ4v) is 4.92. The van der Waals surface area contributed by atoms with Gasteiger partial charge in [-0.3, -0.25) is 9.10 Å². The highest BCUT2D eigenvalue weighted by Gasteiger charge is 2.27. The van der Waals surface area contributed by atoms with Gasteiger partial charge in [0.05, 0.1) is 24.1 Å². The Morgan fingerprint density at radius 1 is 1.23 bits per heavy atom. The number of aliphatic hydroxyl groups is 1. The van der Waals surface area contributed by atoms with Crippen LogP contribution >= 0.6 is 0 Å². The molecule has 0 spiro atoms. The van der Waals surface area contributed by atoms with Crippen LogP contribution < -0.4 is 9.62 Å². The molecule has 0 bridgehead atoms. The SMILES string of the molecule is CS(=O)(=O)N1CCCCc2cc3c(C(=O)NCCO)c(-c4ccc(F)cc4)oc3cc21. The maximum atomic E-state index is 13.4. The van der Waals surface area contributed by atoms with Crippen LogP contribution in [0.25, 0.3) is 22.3 Å². The van der Waals surface area contributed by atoms with Crippen molar-refractivity contribution in [3.8, 4) is 11.3 Å². The molecule has 1 aliphatic heterocycles. The molecule has 31 heavy (non-hydrogen) atoms. The highest BCUT2D eigenvalue weighted by Crippen LogP contribution is 2.39. The van der Waals surface area contributed by atoms with E-state index in [0.29, 0.717) is 35.2 Å². The van der Waals surface area contributed by atoms with Crippen LogP contribution in [0, 0.1) is 5.82 Å². The molecule has 3 aromatic rings. The number of carbonyl (C=O) groups excluding carboxylic acids is 1. The maximum Gasteiger partial charge on any atom is 0.255 e. The number of hydrogen-bond donors (Lipinski definition) is 2. The molecule has 0 aliphatic carbocycles. The minimum Gasteiger partial charge on any atom is -0.455 e. The fourth-order valence-electron chi connectivity index (χ4n) is 3.93. The number of aryl methyl sites for hydroxylation is 1. The zero-order valence-corrected chi connectivity index (χ0v) is 17.8. The molecule has 1 aromatic heterocycles. The number of nitrogens with zero attached hydrogens (tertiary/aromatic N) is 1. The number of fused-ring (bicyclic) bond motifs is 2. The second-order valence-electron chi connectivity index (χ2n) is 7.56. The van der Waals surface area contributed by atoms with Gasteiger partial charge in [-0.1, -0.05) is 0 Å². The summed E-state index contributed by atoms with van der Waals surface area (Å²) in [7, 11) is -3.48. The van der Waals surface area contributed by atoms with Crippen molar-refractivity contribution in [3.05, 3.63) is 53.3 Å². The third-order valence-electron chi connectivity index (χ3n) is 5.35. The predicted octanol–water partition coefficient (Wildman–Crippen LogP) is 3.06.